The molecule has 0 aliphatic carbocycles. The van der Waals surface area contributed by atoms with Crippen LogP contribution < -0.4 is 4.72 Å². The zero-order valence-corrected chi connectivity index (χ0v) is 6.77. The van der Waals surface area contributed by atoms with Crippen LogP contribution in [0.2, 0.25) is 0 Å². The Morgan fingerprint density at radius 2 is 2.00 bits per heavy atom. The molecule has 0 saturated heterocycles. The van der Waals surface area contributed by atoms with Crippen LogP contribution in [0.25, 0.3) is 0 Å². The summed E-state index contributed by atoms with van der Waals surface area (Å²) in [7, 11) is 0. The van der Waals surface area contributed by atoms with Crippen LogP contribution in [0.4, 0.5) is 5.95 Å². The van der Waals surface area contributed by atoms with Crippen molar-refractivity contribution in [2.45, 2.75) is 6.92 Å². The summed E-state index contributed by atoms with van der Waals surface area (Å²) in [4.78, 5) is 8.05. The molecule has 0 saturated carbocycles. The Hall–Kier alpha value is -0.770. The molecule has 1 aromatic rings. The van der Waals surface area contributed by atoms with Gasteiger partial charge in [-0.3, -0.25) is 4.72 Å². The minimum Gasteiger partial charge on any atom is -0.298 e. The van der Waals surface area contributed by atoms with E-state index in [2.05, 4.69) is 14.7 Å². The first-order chi connectivity index (χ1) is 4.83. The number of aromatic nitrogens is 2. The van der Waals surface area contributed by atoms with Crippen LogP contribution in [0, 0.1) is 6.92 Å². The second-order valence-electron chi connectivity index (χ2n) is 1.89. The highest BCUT2D eigenvalue weighted by molar-refractivity contribution is 7.99. The number of nitrogens with zero attached hydrogens (tertiary/aromatic N) is 2. The maximum atomic E-state index is 4.02. The average Bonchev–Trinajstić information content (AvgIpc) is 1.95. The third-order valence-corrected chi connectivity index (χ3v) is 1.36. The van der Waals surface area contributed by atoms with Gasteiger partial charge in [-0.2, -0.15) is 0 Å². The van der Waals surface area contributed by atoms with Crippen LogP contribution in [0.15, 0.2) is 12.4 Å². The number of anilines is 1. The molecule has 1 rings (SSSR count). The van der Waals surface area contributed by atoms with Gasteiger partial charge in [0.2, 0.25) is 5.95 Å². The van der Waals surface area contributed by atoms with E-state index < -0.39 is 0 Å². The monoisotopic (exact) mass is 155 g/mol. The number of aryl methyl sites for hydroxylation is 1. The summed E-state index contributed by atoms with van der Waals surface area (Å²) < 4.78 is 2.93. The van der Waals surface area contributed by atoms with Crippen molar-refractivity contribution in [2.75, 3.05) is 11.0 Å². The molecule has 1 aromatic heterocycles. The average molecular weight is 155 g/mol. The molecule has 0 amide bonds. The molecule has 1 N–H and O–H groups in total. The Labute approximate surface area is 64.4 Å². The fourth-order valence-electron chi connectivity index (χ4n) is 0.537. The first kappa shape index (κ1) is 7.34. The molecule has 3 nitrogen and oxygen atoms in total. The van der Waals surface area contributed by atoms with E-state index in [4.69, 9.17) is 0 Å². The molecule has 4 heteroatoms. The Morgan fingerprint density at radius 3 is 2.50 bits per heavy atom. The number of nitrogens with one attached hydrogen (secondary N) is 1. The summed E-state index contributed by atoms with van der Waals surface area (Å²) in [5.74, 6) is 0.665. The van der Waals surface area contributed by atoms with Gasteiger partial charge in [-0.1, -0.05) is 11.9 Å². The Morgan fingerprint density at radius 1 is 1.40 bits per heavy atom. The standard InChI is InChI=1S/C6H9N3S/c1-5-3-7-6(8-4-5)9-10-2/h3-4H,1-2H3,(H,7,8,9). The summed E-state index contributed by atoms with van der Waals surface area (Å²) in [6.07, 6.45) is 5.50. The smallest absolute Gasteiger partial charge is 0.232 e. The maximum absolute atomic E-state index is 4.02. The normalized spacial score (nSPS) is 9.40. The Bertz CT molecular complexity index is 197. The first-order valence-electron chi connectivity index (χ1n) is 2.90. The lowest BCUT2D eigenvalue weighted by molar-refractivity contribution is 1.15. The van der Waals surface area contributed by atoms with Gasteiger partial charge in [-0.15, -0.1) is 0 Å². The van der Waals surface area contributed by atoms with Gasteiger partial charge in [-0.05, 0) is 12.5 Å². The van der Waals surface area contributed by atoms with Crippen molar-refractivity contribution in [3.8, 4) is 0 Å². The summed E-state index contributed by atoms with van der Waals surface area (Å²) in [6, 6.07) is 0. The molecule has 0 aromatic carbocycles. The molecule has 0 aliphatic heterocycles. The van der Waals surface area contributed by atoms with E-state index in [0.29, 0.717) is 5.95 Å². The van der Waals surface area contributed by atoms with Gasteiger partial charge >= 0.3 is 0 Å². The van der Waals surface area contributed by atoms with Gasteiger partial charge in [0.15, 0.2) is 0 Å². The van der Waals surface area contributed by atoms with Crippen molar-refractivity contribution < 1.29 is 0 Å². The molecule has 0 bridgehead atoms. The van der Waals surface area contributed by atoms with E-state index in [1.807, 2.05) is 13.2 Å². The third kappa shape index (κ3) is 1.88. The lowest BCUT2D eigenvalue weighted by Gasteiger charge is -1.97. The quantitative estimate of drug-likeness (QED) is 0.656. The Balaban J connectivity index is 2.69. The molecule has 0 unspecified atom stereocenters. The van der Waals surface area contributed by atoms with E-state index in [9.17, 15) is 0 Å². The summed E-state index contributed by atoms with van der Waals surface area (Å²) in [6.45, 7) is 1.96. The predicted octanol–water partition coefficient (Wildman–Crippen LogP) is 1.47. The van der Waals surface area contributed by atoms with E-state index in [0.717, 1.165) is 5.56 Å². The van der Waals surface area contributed by atoms with Crippen molar-refractivity contribution in [3.63, 3.8) is 0 Å². The number of hydrogen-bond donors (Lipinski definition) is 1. The molecule has 0 spiro atoms. The Kier molecular flexibility index (Phi) is 2.50. The molecule has 0 atom stereocenters. The SMILES string of the molecule is CSNc1ncc(C)cn1. The van der Waals surface area contributed by atoms with Gasteiger partial charge in [0.1, 0.15) is 0 Å². The van der Waals surface area contributed by atoms with Gasteiger partial charge in [0.25, 0.3) is 0 Å². The lowest BCUT2D eigenvalue weighted by Crippen LogP contribution is -1.92. The van der Waals surface area contributed by atoms with E-state index in [1.54, 1.807) is 12.4 Å². The minimum atomic E-state index is 0.665. The molecule has 54 valence electrons. The van der Waals surface area contributed by atoms with Crippen molar-refractivity contribution in [1.29, 1.82) is 0 Å². The first-order valence-corrected chi connectivity index (χ1v) is 4.13. The molecule has 0 aliphatic rings. The summed E-state index contributed by atoms with van der Waals surface area (Å²) in [5, 5.41) is 0. The largest absolute Gasteiger partial charge is 0.298 e. The van der Waals surface area contributed by atoms with Gasteiger partial charge in [-0.25, -0.2) is 9.97 Å². The molecule has 0 fully saturated rings. The van der Waals surface area contributed by atoms with Crippen molar-refractivity contribution in [1.82, 2.24) is 9.97 Å². The molecule has 0 radical (unpaired) electrons. The zero-order valence-electron chi connectivity index (χ0n) is 5.96. The lowest BCUT2D eigenvalue weighted by atomic mass is 10.4. The highest BCUT2D eigenvalue weighted by atomic mass is 32.2. The zero-order chi connectivity index (χ0) is 7.40. The molecule has 10 heavy (non-hydrogen) atoms. The van der Waals surface area contributed by atoms with Crippen LogP contribution in [0.1, 0.15) is 5.56 Å². The predicted molar refractivity (Wildman–Crippen MR) is 43.9 cm³/mol. The highest BCUT2D eigenvalue weighted by Gasteiger charge is 1.89. The fraction of sp³-hybridized carbons (Fsp3) is 0.333. The van der Waals surface area contributed by atoms with Gasteiger partial charge < -0.3 is 0 Å². The second-order valence-corrected chi connectivity index (χ2v) is 2.50. The number of hydrogen-bond acceptors (Lipinski definition) is 4. The van der Waals surface area contributed by atoms with Crippen LogP contribution in [-0.2, 0) is 0 Å². The van der Waals surface area contributed by atoms with E-state index in [1.165, 1.54) is 11.9 Å². The maximum Gasteiger partial charge on any atom is 0.232 e. The van der Waals surface area contributed by atoms with Crippen molar-refractivity contribution in [3.05, 3.63) is 18.0 Å². The van der Waals surface area contributed by atoms with Gasteiger partial charge in [0.05, 0.1) is 0 Å². The third-order valence-electron chi connectivity index (χ3n) is 0.974. The highest BCUT2D eigenvalue weighted by Crippen LogP contribution is 2.02. The second kappa shape index (κ2) is 3.41. The fourth-order valence-corrected chi connectivity index (χ4v) is 0.825. The van der Waals surface area contributed by atoms with Crippen LogP contribution in [0.3, 0.4) is 0 Å². The van der Waals surface area contributed by atoms with E-state index >= 15 is 0 Å². The van der Waals surface area contributed by atoms with Crippen LogP contribution >= 0.6 is 11.9 Å². The number of rotatable bonds is 2. The van der Waals surface area contributed by atoms with E-state index in [-0.39, 0.29) is 0 Å². The molecular weight excluding hydrogens is 146 g/mol. The molecular formula is C6H9N3S. The molecule has 1 heterocycles. The van der Waals surface area contributed by atoms with Crippen molar-refractivity contribution >= 4 is 17.9 Å². The topological polar surface area (TPSA) is 37.8 Å². The van der Waals surface area contributed by atoms with Crippen LogP contribution in [-0.4, -0.2) is 16.2 Å². The summed E-state index contributed by atoms with van der Waals surface area (Å²) in [5.41, 5.74) is 1.08. The van der Waals surface area contributed by atoms with Crippen molar-refractivity contribution in [2.24, 2.45) is 0 Å². The minimum absolute atomic E-state index is 0.665. The van der Waals surface area contributed by atoms with Gasteiger partial charge in [0, 0.05) is 18.6 Å². The van der Waals surface area contributed by atoms with Crippen LogP contribution in [0.5, 0.6) is 0 Å². The summed E-state index contributed by atoms with van der Waals surface area (Å²) >= 11 is 1.49.